The van der Waals surface area contributed by atoms with Crippen molar-refractivity contribution in [3.63, 3.8) is 0 Å². The Hall–Kier alpha value is -0.450. The minimum absolute atomic E-state index is 0.477. The molecule has 2 aromatic rings. The van der Waals surface area contributed by atoms with E-state index in [1.807, 2.05) is 11.3 Å². The van der Waals surface area contributed by atoms with Crippen molar-refractivity contribution in [3.05, 3.63) is 27.7 Å². The fraction of sp³-hybridized carbons (Fsp3) is 0.562. The minimum Gasteiger partial charge on any atom is -0.305 e. The van der Waals surface area contributed by atoms with Gasteiger partial charge in [0.05, 0.1) is 16.3 Å². The summed E-state index contributed by atoms with van der Waals surface area (Å²) >= 11 is 5.40. The smallest absolute Gasteiger partial charge is 0.111 e. The van der Waals surface area contributed by atoms with Gasteiger partial charge in [0.15, 0.2) is 0 Å². The Morgan fingerprint density at radius 3 is 3.00 bits per heavy atom. The van der Waals surface area contributed by atoms with Crippen molar-refractivity contribution in [3.8, 4) is 0 Å². The number of benzene rings is 1. The zero-order valence-corrected chi connectivity index (χ0v) is 13.8. The van der Waals surface area contributed by atoms with Gasteiger partial charge in [0.2, 0.25) is 0 Å². The fourth-order valence-electron chi connectivity index (χ4n) is 3.76. The van der Waals surface area contributed by atoms with Crippen molar-refractivity contribution in [2.45, 2.75) is 50.6 Å². The highest BCUT2D eigenvalue weighted by atomic mass is 79.9. The first kappa shape index (κ1) is 13.2. The van der Waals surface area contributed by atoms with Crippen molar-refractivity contribution in [2.24, 2.45) is 5.92 Å². The monoisotopic (exact) mass is 350 g/mol. The average molecular weight is 351 g/mol. The maximum absolute atomic E-state index is 4.85. The Balaban J connectivity index is 1.59. The van der Waals surface area contributed by atoms with E-state index in [1.165, 1.54) is 48.2 Å². The number of hydrogen-bond acceptors (Lipinski definition) is 3. The van der Waals surface area contributed by atoms with E-state index in [2.05, 4.69) is 39.4 Å². The van der Waals surface area contributed by atoms with E-state index < -0.39 is 0 Å². The number of piperidine rings is 1. The predicted molar refractivity (Wildman–Crippen MR) is 88.2 cm³/mol. The number of nitrogens with zero attached hydrogens (tertiary/aromatic N) is 1. The number of fused-ring (bicyclic) bond motifs is 2. The van der Waals surface area contributed by atoms with E-state index in [9.17, 15) is 0 Å². The Bertz CT molecular complexity index is 624. The standard InChI is InChI=1S/C16H19BrN2S/c17-11-6-8-13-15(9-11)20-16(19-13)14-7-5-10-3-1-2-4-12(10)18-14/h6,8-10,12,14,18H,1-5,7H2. The number of thiazole rings is 1. The summed E-state index contributed by atoms with van der Waals surface area (Å²) in [6, 6.07) is 7.60. The van der Waals surface area contributed by atoms with Crippen LogP contribution in [-0.4, -0.2) is 11.0 Å². The highest BCUT2D eigenvalue weighted by Gasteiger charge is 2.33. The van der Waals surface area contributed by atoms with E-state index in [4.69, 9.17) is 4.98 Å². The molecule has 4 rings (SSSR count). The van der Waals surface area contributed by atoms with Crippen LogP contribution in [0.4, 0.5) is 0 Å². The lowest BCUT2D eigenvalue weighted by molar-refractivity contribution is 0.177. The molecule has 4 heteroatoms. The van der Waals surface area contributed by atoms with Gasteiger partial charge in [-0.3, -0.25) is 0 Å². The van der Waals surface area contributed by atoms with Gasteiger partial charge in [-0.05, 0) is 49.8 Å². The third-order valence-corrected chi connectivity index (χ3v) is 6.44. The van der Waals surface area contributed by atoms with Crippen LogP contribution in [0.25, 0.3) is 10.2 Å². The number of aromatic nitrogens is 1. The first-order valence-electron chi connectivity index (χ1n) is 7.61. The van der Waals surface area contributed by atoms with Crippen molar-refractivity contribution < 1.29 is 0 Å². The summed E-state index contributed by atoms with van der Waals surface area (Å²) in [7, 11) is 0. The van der Waals surface area contributed by atoms with Crippen molar-refractivity contribution in [2.75, 3.05) is 0 Å². The van der Waals surface area contributed by atoms with Crippen molar-refractivity contribution >= 4 is 37.5 Å². The number of halogens is 1. The molecule has 1 aromatic heterocycles. The van der Waals surface area contributed by atoms with Crippen LogP contribution < -0.4 is 5.32 Å². The summed E-state index contributed by atoms with van der Waals surface area (Å²) in [6.07, 6.45) is 8.25. The second-order valence-electron chi connectivity index (χ2n) is 6.11. The topological polar surface area (TPSA) is 24.9 Å². The second-order valence-corrected chi connectivity index (χ2v) is 8.09. The van der Waals surface area contributed by atoms with Crippen LogP contribution in [0.3, 0.4) is 0 Å². The lowest BCUT2D eigenvalue weighted by Crippen LogP contribution is -2.44. The molecule has 0 bridgehead atoms. The molecule has 1 aliphatic heterocycles. The third kappa shape index (κ3) is 2.42. The maximum Gasteiger partial charge on any atom is 0.111 e. The molecule has 0 amide bonds. The van der Waals surface area contributed by atoms with Crippen LogP contribution in [0.5, 0.6) is 0 Å². The Labute approximate surface area is 132 Å². The lowest BCUT2D eigenvalue weighted by atomic mass is 9.78. The first-order chi connectivity index (χ1) is 9.79. The zero-order chi connectivity index (χ0) is 13.5. The second kappa shape index (κ2) is 5.39. The molecule has 106 valence electrons. The molecule has 1 N–H and O–H groups in total. The normalized spacial score (nSPS) is 30.4. The Kier molecular flexibility index (Phi) is 3.57. The number of hydrogen-bond donors (Lipinski definition) is 1. The molecule has 0 radical (unpaired) electrons. The van der Waals surface area contributed by atoms with E-state index in [0.717, 1.165) is 21.9 Å². The minimum atomic E-state index is 0.477. The average Bonchev–Trinajstić information content (AvgIpc) is 2.89. The molecule has 1 aliphatic carbocycles. The van der Waals surface area contributed by atoms with Gasteiger partial charge in [0, 0.05) is 10.5 Å². The van der Waals surface area contributed by atoms with Gasteiger partial charge in [-0.25, -0.2) is 4.98 Å². The summed E-state index contributed by atoms with van der Waals surface area (Å²) < 4.78 is 2.44. The van der Waals surface area contributed by atoms with Gasteiger partial charge >= 0.3 is 0 Å². The van der Waals surface area contributed by atoms with Gasteiger partial charge in [0.1, 0.15) is 5.01 Å². The fourth-order valence-corrected chi connectivity index (χ4v) is 5.37. The molecule has 1 saturated carbocycles. The SMILES string of the molecule is Brc1ccc2nc(C3CCC4CCCCC4N3)sc2c1. The van der Waals surface area contributed by atoms with Crippen molar-refractivity contribution in [1.82, 2.24) is 10.3 Å². The molecule has 2 aliphatic rings. The van der Waals surface area contributed by atoms with Crippen LogP contribution in [0.15, 0.2) is 22.7 Å². The molecule has 3 atom stereocenters. The Morgan fingerprint density at radius 2 is 2.05 bits per heavy atom. The highest BCUT2D eigenvalue weighted by molar-refractivity contribution is 9.10. The number of rotatable bonds is 1. The van der Waals surface area contributed by atoms with Crippen LogP contribution in [-0.2, 0) is 0 Å². The summed E-state index contributed by atoms with van der Waals surface area (Å²) in [6.45, 7) is 0. The largest absolute Gasteiger partial charge is 0.305 e. The molecule has 1 saturated heterocycles. The molecular formula is C16H19BrN2S. The molecule has 1 aromatic carbocycles. The van der Waals surface area contributed by atoms with Crippen LogP contribution in [0.2, 0.25) is 0 Å². The molecular weight excluding hydrogens is 332 g/mol. The summed E-state index contributed by atoms with van der Waals surface area (Å²) in [5, 5.41) is 5.16. The van der Waals surface area contributed by atoms with Crippen LogP contribution in [0.1, 0.15) is 49.6 Å². The quantitative estimate of drug-likeness (QED) is 0.778. The zero-order valence-electron chi connectivity index (χ0n) is 11.4. The predicted octanol–water partition coefficient (Wildman–Crippen LogP) is 5.04. The summed E-state index contributed by atoms with van der Waals surface area (Å²) in [4.78, 5) is 4.85. The van der Waals surface area contributed by atoms with Gasteiger partial charge < -0.3 is 5.32 Å². The van der Waals surface area contributed by atoms with Crippen LogP contribution >= 0.6 is 27.3 Å². The van der Waals surface area contributed by atoms with E-state index in [0.29, 0.717) is 6.04 Å². The molecule has 2 heterocycles. The third-order valence-electron chi connectivity index (χ3n) is 4.82. The van der Waals surface area contributed by atoms with Crippen LogP contribution in [0, 0.1) is 5.92 Å². The van der Waals surface area contributed by atoms with E-state index >= 15 is 0 Å². The van der Waals surface area contributed by atoms with Gasteiger partial charge in [-0.2, -0.15) is 0 Å². The highest BCUT2D eigenvalue weighted by Crippen LogP contribution is 2.38. The van der Waals surface area contributed by atoms with Gasteiger partial charge in [-0.1, -0.05) is 28.8 Å². The lowest BCUT2D eigenvalue weighted by Gasteiger charge is -2.39. The van der Waals surface area contributed by atoms with Gasteiger partial charge in [-0.15, -0.1) is 11.3 Å². The first-order valence-corrected chi connectivity index (χ1v) is 9.22. The maximum atomic E-state index is 4.85. The van der Waals surface area contributed by atoms with Gasteiger partial charge in [0.25, 0.3) is 0 Å². The summed E-state index contributed by atoms with van der Waals surface area (Å²) in [5.41, 5.74) is 1.14. The van der Waals surface area contributed by atoms with Crippen molar-refractivity contribution in [1.29, 1.82) is 0 Å². The summed E-state index contributed by atoms with van der Waals surface area (Å²) in [5.74, 6) is 0.920. The molecule has 0 spiro atoms. The molecule has 3 unspecified atom stereocenters. The molecule has 2 fully saturated rings. The van der Waals surface area contributed by atoms with E-state index in [-0.39, 0.29) is 0 Å². The Morgan fingerprint density at radius 1 is 1.15 bits per heavy atom. The number of nitrogens with one attached hydrogen (secondary N) is 1. The van der Waals surface area contributed by atoms with E-state index in [1.54, 1.807) is 0 Å². The molecule has 2 nitrogen and oxygen atoms in total. The molecule has 20 heavy (non-hydrogen) atoms.